The molecule has 1 aliphatic rings. The third-order valence-electron chi connectivity index (χ3n) is 4.47. The first-order valence-electron chi connectivity index (χ1n) is 8.92. The van der Waals surface area contributed by atoms with Crippen molar-refractivity contribution in [2.45, 2.75) is 33.1 Å². The molecule has 0 spiro atoms. The molecule has 1 aliphatic heterocycles. The fourth-order valence-corrected chi connectivity index (χ4v) is 3.03. The van der Waals surface area contributed by atoms with Crippen molar-refractivity contribution < 1.29 is 9.53 Å². The van der Waals surface area contributed by atoms with Crippen molar-refractivity contribution in [1.29, 1.82) is 0 Å². The average molecular weight is 348 g/mol. The van der Waals surface area contributed by atoms with Crippen LogP contribution in [0.15, 0.2) is 53.2 Å². The van der Waals surface area contributed by atoms with E-state index >= 15 is 0 Å². The van der Waals surface area contributed by atoms with Crippen LogP contribution < -0.4 is 10.1 Å². The Labute approximate surface area is 154 Å². The summed E-state index contributed by atoms with van der Waals surface area (Å²) in [5.74, 6) is 1.30. The van der Waals surface area contributed by atoms with Gasteiger partial charge in [0.1, 0.15) is 17.3 Å². The molecule has 0 atom stereocenters. The van der Waals surface area contributed by atoms with E-state index in [1.54, 1.807) is 13.2 Å². The third-order valence-corrected chi connectivity index (χ3v) is 4.47. The van der Waals surface area contributed by atoms with Crippen molar-refractivity contribution in [2.75, 3.05) is 7.11 Å². The number of aliphatic imine (C=N–C) groups is 1. The molecule has 0 radical (unpaired) electrons. The molecule has 4 heteroatoms. The Morgan fingerprint density at radius 2 is 1.96 bits per heavy atom. The van der Waals surface area contributed by atoms with Crippen molar-refractivity contribution >= 4 is 17.8 Å². The molecule has 0 saturated heterocycles. The summed E-state index contributed by atoms with van der Waals surface area (Å²) in [5, 5.41) is 2.88. The molecule has 26 heavy (non-hydrogen) atoms. The van der Waals surface area contributed by atoms with Crippen LogP contribution in [0.4, 0.5) is 0 Å². The minimum atomic E-state index is -0.159. The summed E-state index contributed by atoms with van der Waals surface area (Å²) in [6, 6.07) is 14.4. The van der Waals surface area contributed by atoms with E-state index in [9.17, 15) is 4.79 Å². The molecule has 0 unspecified atom stereocenters. The molecule has 1 heterocycles. The second-order valence-electron chi connectivity index (χ2n) is 6.46. The minimum absolute atomic E-state index is 0.159. The Morgan fingerprint density at radius 1 is 1.12 bits per heavy atom. The minimum Gasteiger partial charge on any atom is -0.496 e. The van der Waals surface area contributed by atoms with Gasteiger partial charge in [0, 0.05) is 12.0 Å². The number of nitrogens with zero attached hydrogens (tertiary/aromatic N) is 1. The Morgan fingerprint density at radius 3 is 2.69 bits per heavy atom. The van der Waals surface area contributed by atoms with E-state index in [4.69, 9.17) is 4.74 Å². The van der Waals surface area contributed by atoms with Gasteiger partial charge < -0.3 is 10.1 Å². The van der Waals surface area contributed by atoms with Crippen molar-refractivity contribution in [3.8, 4) is 5.75 Å². The van der Waals surface area contributed by atoms with E-state index in [-0.39, 0.29) is 5.91 Å². The molecule has 4 nitrogen and oxygen atoms in total. The standard InChI is InChI=1S/C22H24N2O2/c1-4-16-8-10-20(26-3)18(13-16)14-19-22(25)24-21(23-19)11-9-17-7-5-6-15(2)12-17/h5-8,10,12-14H,4,9,11H2,1-3H3,(H,23,24,25)/b19-14+. The summed E-state index contributed by atoms with van der Waals surface area (Å²) in [4.78, 5) is 16.8. The first kappa shape index (κ1) is 17.9. The molecular formula is C22H24N2O2. The SMILES string of the molecule is CCc1ccc(OC)c(/C=C2/N=C(CCc3cccc(C)c3)NC2=O)c1. The van der Waals surface area contributed by atoms with Gasteiger partial charge in [-0.05, 0) is 49.1 Å². The molecule has 134 valence electrons. The zero-order chi connectivity index (χ0) is 18.5. The van der Waals surface area contributed by atoms with Crippen LogP contribution in [0.2, 0.25) is 0 Å². The molecule has 2 aromatic rings. The lowest BCUT2D eigenvalue weighted by Crippen LogP contribution is -2.24. The number of methoxy groups -OCH3 is 1. The van der Waals surface area contributed by atoms with E-state index in [0.717, 1.165) is 24.2 Å². The highest BCUT2D eigenvalue weighted by Crippen LogP contribution is 2.24. The highest BCUT2D eigenvalue weighted by Gasteiger charge is 2.20. The molecule has 0 aromatic heterocycles. The largest absolute Gasteiger partial charge is 0.496 e. The first-order valence-corrected chi connectivity index (χ1v) is 8.92. The summed E-state index contributed by atoms with van der Waals surface area (Å²) in [7, 11) is 1.63. The maximum Gasteiger partial charge on any atom is 0.275 e. The number of nitrogens with one attached hydrogen (secondary N) is 1. The number of hydrogen-bond donors (Lipinski definition) is 1. The zero-order valence-electron chi connectivity index (χ0n) is 15.5. The van der Waals surface area contributed by atoms with Gasteiger partial charge in [-0.3, -0.25) is 4.79 Å². The van der Waals surface area contributed by atoms with Crippen molar-refractivity contribution in [2.24, 2.45) is 4.99 Å². The average Bonchev–Trinajstić information content (AvgIpc) is 2.99. The van der Waals surface area contributed by atoms with Gasteiger partial charge >= 0.3 is 0 Å². The fraction of sp³-hybridized carbons (Fsp3) is 0.273. The number of aryl methyl sites for hydroxylation is 3. The molecule has 0 aliphatic carbocycles. The van der Waals surface area contributed by atoms with Crippen molar-refractivity contribution in [3.63, 3.8) is 0 Å². The van der Waals surface area contributed by atoms with Crippen LogP contribution in [0.3, 0.4) is 0 Å². The summed E-state index contributed by atoms with van der Waals surface area (Å²) in [6.45, 7) is 4.18. The Kier molecular flexibility index (Phi) is 5.52. The Hall–Kier alpha value is -2.88. The molecule has 3 rings (SSSR count). The van der Waals surface area contributed by atoms with E-state index < -0.39 is 0 Å². The molecule has 0 fully saturated rings. The number of ether oxygens (including phenoxy) is 1. The van der Waals surface area contributed by atoms with Gasteiger partial charge in [0.15, 0.2) is 0 Å². The summed E-state index contributed by atoms with van der Waals surface area (Å²) in [5.41, 5.74) is 4.98. The Bertz CT molecular complexity index is 881. The van der Waals surface area contributed by atoms with Crippen LogP contribution in [-0.4, -0.2) is 18.9 Å². The van der Waals surface area contributed by atoms with Gasteiger partial charge in [0.05, 0.1) is 7.11 Å². The fourth-order valence-electron chi connectivity index (χ4n) is 3.03. The number of amides is 1. The summed E-state index contributed by atoms with van der Waals surface area (Å²) in [6.07, 6.45) is 4.28. The molecular weight excluding hydrogens is 324 g/mol. The maximum atomic E-state index is 12.3. The van der Waals surface area contributed by atoms with E-state index in [2.05, 4.69) is 48.4 Å². The summed E-state index contributed by atoms with van der Waals surface area (Å²) < 4.78 is 5.41. The van der Waals surface area contributed by atoms with Crippen LogP contribution in [-0.2, 0) is 17.6 Å². The Balaban J connectivity index is 1.78. The predicted octanol–water partition coefficient (Wildman–Crippen LogP) is 4.07. The van der Waals surface area contributed by atoms with Crippen LogP contribution in [0, 0.1) is 6.92 Å². The van der Waals surface area contributed by atoms with Gasteiger partial charge in [-0.1, -0.05) is 42.8 Å². The molecule has 0 bridgehead atoms. The summed E-state index contributed by atoms with van der Waals surface area (Å²) >= 11 is 0. The lowest BCUT2D eigenvalue weighted by atomic mass is 10.1. The maximum absolute atomic E-state index is 12.3. The first-order chi connectivity index (χ1) is 12.6. The van der Waals surface area contributed by atoms with Gasteiger partial charge in [-0.25, -0.2) is 4.99 Å². The quantitative estimate of drug-likeness (QED) is 0.800. The molecule has 1 N–H and O–H groups in total. The van der Waals surface area contributed by atoms with Crippen molar-refractivity contribution in [3.05, 3.63) is 70.4 Å². The van der Waals surface area contributed by atoms with Crippen LogP contribution in [0.5, 0.6) is 5.75 Å². The lowest BCUT2D eigenvalue weighted by molar-refractivity contribution is -0.115. The highest BCUT2D eigenvalue weighted by atomic mass is 16.5. The van der Waals surface area contributed by atoms with E-state index in [0.29, 0.717) is 18.0 Å². The second kappa shape index (κ2) is 8.00. The molecule has 0 saturated carbocycles. The van der Waals surface area contributed by atoms with Crippen LogP contribution >= 0.6 is 0 Å². The second-order valence-corrected chi connectivity index (χ2v) is 6.46. The number of amidine groups is 1. The number of hydrogen-bond acceptors (Lipinski definition) is 3. The van der Waals surface area contributed by atoms with Crippen LogP contribution in [0.1, 0.15) is 35.6 Å². The zero-order valence-corrected chi connectivity index (χ0v) is 15.5. The van der Waals surface area contributed by atoms with Gasteiger partial charge in [0.2, 0.25) is 0 Å². The third kappa shape index (κ3) is 4.20. The highest BCUT2D eigenvalue weighted by molar-refractivity contribution is 6.14. The van der Waals surface area contributed by atoms with Gasteiger partial charge in [0.25, 0.3) is 5.91 Å². The van der Waals surface area contributed by atoms with Gasteiger partial charge in [-0.15, -0.1) is 0 Å². The number of carbonyl (C=O) groups is 1. The lowest BCUT2D eigenvalue weighted by Gasteiger charge is -2.07. The number of carbonyl (C=O) groups excluding carboxylic acids is 1. The van der Waals surface area contributed by atoms with E-state index in [1.165, 1.54) is 16.7 Å². The van der Waals surface area contributed by atoms with Crippen LogP contribution in [0.25, 0.3) is 6.08 Å². The van der Waals surface area contributed by atoms with Gasteiger partial charge in [-0.2, -0.15) is 0 Å². The molecule has 1 amide bonds. The predicted molar refractivity (Wildman–Crippen MR) is 105 cm³/mol. The molecule has 2 aromatic carbocycles. The monoisotopic (exact) mass is 348 g/mol. The normalized spacial score (nSPS) is 15.1. The number of rotatable bonds is 6. The smallest absolute Gasteiger partial charge is 0.275 e. The topological polar surface area (TPSA) is 50.7 Å². The van der Waals surface area contributed by atoms with E-state index in [1.807, 2.05) is 18.2 Å². The number of benzene rings is 2. The van der Waals surface area contributed by atoms with Crippen molar-refractivity contribution in [1.82, 2.24) is 5.32 Å².